The molecule has 0 amide bonds. The summed E-state index contributed by atoms with van der Waals surface area (Å²) < 4.78 is 19.9. The minimum absolute atomic E-state index is 0.812. The van der Waals surface area contributed by atoms with Gasteiger partial charge in [0.05, 0.1) is 13.2 Å². The Kier molecular flexibility index (Phi) is 7.57. The molecular weight excluding hydrogens is 418 g/mol. The van der Waals surface area contributed by atoms with E-state index in [0.717, 1.165) is 6.92 Å². The standard InChI is InChI=1S/C14H23N3O13/c1-4(20)29-14(26)10(24)8(23)12(30-13(14,3-19)16-17-15)28-9-5(2-18)27-11(25)7(22)6(9)21/h5-12,18-19,21-26H,2-3H2,1H3/t5-,6-,7-,8-,9-,10+,11-,12+,13-,14-/m1/s1. The molecule has 2 aliphatic heterocycles. The van der Waals surface area contributed by atoms with E-state index in [2.05, 4.69) is 14.8 Å². The lowest BCUT2D eigenvalue weighted by molar-refractivity contribution is -0.433. The van der Waals surface area contributed by atoms with Crippen LogP contribution in [0.3, 0.4) is 0 Å². The van der Waals surface area contributed by atoms with E-state index in [-0.39, 0.29) is 0 Å². The Hall–Kier alpha value is -1.66. The van der Waals surface area contributed by atoms with E-state index < -0.39 is 79.9 Å². The molecule has 2 heterocycles. The first kappa shape index (κ1) is 24.6. The SMILES string of the molecule is CC(=O)O[C@]1(O)[C@@H](O)[C@@H](O)[C@@H](O[C@H]2[C@H](O)[C@@H](O)[C@H](O)O[C@@H]2CO)O[C@@]1(CO)N=[N+]=[N-]. The summed E-state index contributed by atoms with van der Waals surface area (Å²) in [4.78, 5) is 13.7. The highest BCUT2D eigenvalue weighted by molar-refractivity contribution is 5.66. The molecule has 2 fully saturated rings. The Morgan fingerprint density at radius 2 is 1.80 bits per heavy atom. The zero-order valence-electron chi connectivity index (χ0n) is 15.5. The van der Waals surface area contributed by atoms with Gasteiger partial charge in [-0.15, -0.1) is 0 Å². The molecule has 0 unspecified atom stereocenters. The Labute approximate surface area is 168 Å². The minimum atomic E-state index is -3.26. The zero-order chi connectivity index (χ0) is 22.9. The number of hydrogen-bond donors (Lipinski definition) is 8. The summed E-state index contributed by atoms with van der Waals surface area (Å²) in [7, 11) is 0. The van der Waals surface area contributed by atoms with Gasteiger partial charge < -0.3 is 59.8 Å². The molecule has 0 aromatic carbocycles. The Bertz CT molecular complexity index is 675. The number of ether oxygens (including phenoxy) is 4. The molecule has 10 atom stereocenters. The number of carbonyl (C=O) groups excluding carboxylic acids is 1. The van der Waals surface area contributed by atoms with Crippen LogP contribution in [0.4, 0.5) is 0 Å². The van der Waals surface area contributed by atoms with Gasteiger partial charge in [-0.2, -0.15) is 0 Å². The van der Waals surface area contributed by atoms with Gasteiger partial charge in [-0.1, -0.05) is 0 Å². The maximum absolute atomic E-state index is 11.4. The summed E-state index contributed by atoms with van der Waals surface area (Å²) in [5.74, 6) is -4.46. The van der Waals surface area contributed by atoms with E-state index in [9.17, 15) is 45.6 Å². The number of aliphatic hydroxyl groups excluding tert-OH is 7. The fraction of sp³-hybridized carbons (Fsp3) is 0.929. The smallest absolute Gasteiger partial charge is 0.305 e. The number of hydrogen-bond acceptors (Lipinski definition) is 14. The minimum Gasteiger partial charge on any atom is -0.427 e. The quantitative estimate of drug-likeness (QED) is 0.0632. The lowest BCUT2D eigenvalue weighted by Gasteiger charge is -2.52. The molecular formula is C14H23N3O13. The molecule has 16 heteroatoms. The van der Waals surface area contributed by atoms with Crippen LogP contribution < -0.4 is 0 Å². The van der Waals surface area contributed by atoms with Gasteiger partial charge in [-0.25, -0.2) is 0 Å². The van der Waals surface area contributed by atoms with Crippen molar-refractivity contribution in [2.45, 2.75) is 67.6 Å². The van der Waals surface area contributed by atoms with Crippen molar-refractivity contribution in [1.29, 1.82) is 0 Å². The summed E-state index contributed by atoms with van der Waals surface area (Å²) in [6, 6.07) is 0. The van der Waals surface area contributed by atoms with E-state index in [1.807, 2.05) is 0 Å². The number of rotatable bonds is 6. The Morgan fingerprint density at radius 3 is 2.30 bits per heavy atom. The van der Waals surface area contributed by atoms with Crippen molar-refractivity contribution >= 4 is 5.97 Å². The van der Waals surface area contributed by atoms with Gasteiger partial charge in [0.2, 0.25) is 5.72 Å². The van der Waals surface area contributed by atoms with Crippen LogP contribution in [0.1, 0.15) is 6.92 Å². The summed E-state index contributed by atoms with van der Waals surface area (Å²) in [6.45, 7) is -1.40. The normalized spacial score (nSPS) is 46.7. The van der Waals surface area contributed by atoms with Gasteiger partial charge in [-0.3, -0.25) is 4.79 Å². The molecule has 0 aromatic heterocycles. The first-order valence-corrected chi connectivity index (χ1v) is 8.57. The van der Waals surface area contributed by atoms with Crippen LogP contribution in [-0.2, 0) is 23.7 Å². The van der Waals surface area contributed by atoms with Crippen molar-refractivity contribution in [3.8, 4) is 0 Å². The van der Waals surface area contributed by atoms with Crippen LogP contribution in [0.25, 0.3) is 10.4 Å². The van der Waals surface area contributed by atoms with E-state index in [1.54, 1.807) is 0 Å². The van der Waals surface area contributed by atoms with E-state index in [4.69, 9.17) is 19.7 Å². The molecule has 0 aromatic rings. The molecule has 0 spiro atoms. The average Bonchev–Trinajstić information content (AvgIpc) is 2.69. The highest BCUT2D eigenvalue weighted by Crippen LogP contribution is 2.42. The summed E-state index contributed by atoms with van der Waals surface area (Å²) >= 11 is 0. The second-order valence-electron chi connectivity index (χ2n) is 6.67. The third-order valence-corrected chi connectivity index (χ3v) is 4.72. The number of aliphatic hydroxyl groups is 8. The monoisotopic (exact) mass is 441 g/mol. The first-order valence-electron chi connectivity index (χ1n) is 8.57. The molecule has 16 nitrogen and oxygen atoms in total. The Balaban J connectivity index is 2.40. The highest BCUT2D eigenvalue weighted by Gasteiger charge is 2.67. The molecule has 2 aliphatic rings. The second kappa shape index (κ2) is 9.23. The van der Waals surface area contributed by atoms with Crippen molar-refractivity contribution in [3.05, 3.63) is 10.4 Å². The molecule has 0 bridgehead atoms. The van der Waals surface area contributed by atoms with Crippen molar-refractivity contribution in [1.82, 2.24) is 0 Å². The molecule has 30 heavy (non-hydrogen) atoms. The third kappa shape index (κ3) is 4.09. The van der Waals surface area contributed by atoms with Gasteiger partial charge in [0.1, 0.15) is 30.5 Å². The highest BCUT2D eigenvalue weighted by atomic mass is 16.8. The lowest BCUT2D eigenvalue weighted by Crippen LogP contribution is -2.75. The van der Waals surface area contributed by atoms with Gasteiger partial charge in [0.25, 0.3) is 5.79 Å². The average molecular weight is 441 g/mol. The van der Waals surface area contributed by atoms with Gasteiger partial charge in [-0.05, 0) is 10.6 Å². The van der Waals surface area contributed by atoms with Crippen LogP contribution in [0, 0.1) is 0 Å². The summed E-state index contributed by atoms with van der Waals surface area (Å²) in [6.07, 6.45) is -15.6. The second-order valence-corrected chi connectivity index (χ2v) is 6.67. The number of esters is 1. The molecule has 0 aliphatic carbocycles. The van der Waals surface area contributed by atoms with E-state index >= 15 is 0 Å². The summed E-state index contributed by atoms with van der Waals surface area (Å²) in [5.41, 5.74) is 5.89. The van der Waals surface area contributed by atoms with Crippen LogP contribution in [-0.4, -0.2) is 121 Å². The fourth-order valence-corrected chi connectivity index (χ4v) is 3.16. The van der Waals surface area contributed by atoms with E-state index in [1.165, 1.54) is 0 Å². The molecule has 8 N–H and O–H groups in total. The molecule has 0 radical (unpaired) electrons. The van der Waals surface area contributed by atoms with Crippen molar-refractivity contribution < 1.29 is 64.6 Å². The van der Waals surface area contributed by atoms with Gasteiger partial charge >= 0.3 is 5.97 Å². The fourth-order valence-electron chi connectivity index (χ4n) is 3.16. The predicted octanol–water partition coefficient (Wildman–Crippen LogP) is -4.87. The van der Waals surface area contributed by atoms with Crippen molar-refractivity contribution in [2.75, 3.05) is 13.2 Å². The summed E-state index contributed by atoms with van der Waals surface area (Å²) in [5, 5.41) is 82.8. The number of carbonyl (C=O) groups is 1. The number of azide groups is 1. The van der Waals surface area contributed by atoms with Crippen LogP contribution >= 0.6 is 0 Å². The Morgan fingerprint density at radius 1 is 1.17 bits per heavy atom. The molecule has 0 saturated carbocycles. The predicted molar refractivity (Wildman–Crippen MR) is 87.4 cm³/mol. The van der Waals surface area contributed by atoms with Crippen molar-refractivity contribution in [3.63, 3.8) is 0 Å². The lowest BCUT2D eigenvalue weighted by atomic mass is 9.89. The van der Waals surface area contributed by atoms with Gasteiger partial charge in [0.15, 0.2) is 18.7 Å². The van der Waals surface area contributed by atoms with Crippen LogP contribution in [0.15, 0.2) is 5.11 Å². The maximum Gasteiger partial charge on any atom is 0.305 e. The first-order chi connectivity index (χ1) is 14.0. The zero-order valence-corrected chi connectivity index (χ0v) is 15.5. The van der Waals surface area contributed by atoms with Crippen LogP contribution in [0.5, 0.6) is 0 Å². The third-order valence-electron chi connectivity index (χ3n) is 4.72. The number of nitrogens with zero attached hydrogens (tertiary/aromatic N) is 3. The maximum atomic E-state index is 11.4. The van der Waals surface area contributed by atoms with Crippen molar-refractivity contribution in [2.24, 2.45) is 5.11 Å². The van der Waals surface area contributed by atoms with Crippen LogP contribution in [0.2, 0.25) is 0 Å². The largest absolute Gasteiger partial charge is 0.427 e. The molecule has 172 valence electrons. The van der Waals surface area contributed by atoms with E-state index in [0.29, 0.717) is 0 Å². The van der Waals surface area contributed by atoms with Gasteiger partial charge in [0, 0.05) is 11.8 Å². The molecule has 2 rings (SSSR count). The molecule has 2 saturated heterocycles. The topological polar surface area (TPSA) is 265 Å².